The fourth-order valence-corrected chi connectivity index (χ4v) is 0.334. The molecule has 0 atom stereocenters. The molecule has 0 aliphatic heterocycles. The molecular weight excluding hydrogens is 156 g/mol. The Balaban J connectivity index is 4.21. The van der Waals surface area contributed by atoms with Gasteiger partial charge >= 0.3 is 11.9 Å². The first-order chi connectivity index (χ1) is 5.11. The highest BCUT2D eigenvalue weighted by atomic mass is 17.1. The highest BCUT2D eigenvalue weighted by Crippen LogP contribution is 1.95. The normalized spacial score (nSPS) is 10.6. The summed E-state index contributed by atoms with van der Waals surface area (Å²) in [5.41, 5.74) is -0.188. The van der Waals surface area contributed by atoms with Gasteiger partial charge in [-0.05, 0) is 6.92 Å². The highest BCUT2D eigenvalue weighted by Gasteiger charge is 2.07. The molecule has 0 spiro atoms. The zero-order valence-electron chi connectivity index (χ0n) is 5.60. The van der Waals surface area contributed by atoms with Crippen LogP contribution in [0.4, 0.5) is 0 Å². The van der Waals surface area contributed by atoms with E-state index in [1.54, 1.807) is 0 Å². The van der Waals surface area contributed by atoms with Crippen LogP contribution in [0.15, 0.2) is 11.6 Å². The maximum atomic E-state index is 10.3. The summed E-state index contributed by atoms with van der Waals surface area (Å²) < 4.78 is 0. The standard InChI is InChI=1S/C5H6O6/c1-3(5(7)11-9)2-4(6)10-8/h2,8-9H,1H3. The molecule has 0 aliphatic rings. The number of hydrogen-bond donors (Lipinski definition) is 2. The van der Waals surface area contributed by atoms with Crippen molar-refractivity contribution < 1.29 is 29.9 Å². The van der Waals surface area contributed by atoms with E-state index >= 15 is 0 Å². The SMILES string of the molecule is CC(=CC(=O)OO)C(=O)OO. The molecule has 0 aliphatic carbocycles. The van der Waals surface area contributed by atoms with E-state index in [0.29, 0.717) is 6.08 Å². The van der Waals surface area contributed by atoms with Crippen molar-refractivity contribution in [2.45, 2.75) is 6.92 Å². The third-order valence-corrected chi connectivity index (χ3v) is 0.829. The molecule has 0 fully saturated rings. The summed E-state index contributed by atoms with van der Waals surface area (Å²) in [5.74, 6) is -2.21. The Morgan fingerprint density at radius 1 is 1.27 bits per heavy atom. The average molecular weight is 162 g/mol. The highest BCUT2D eigenvalue weighted by molar-refractivity contribution is 5.95. The van der Waals surface area contributed by atoms with Crippen LogP contribution in [-0.4, -0.2) is 22.5 Å². The number of carbonyl (C=O) groups excluding carboxylic acids is 2. The smallest absolute Gasteiger partial charge is 0.296 e. The van der Waals surface area contributed by atoms with Crippen molar-refractivity contribution in [3.05, 3.63) is 11.6 Å². The van der Waals surface area contributed by atoms with Gasteiger partial charge < -0.3 is 0 Å². The summed E-state index contributed by atoms with van der Waals surface area (Å²) in [6.45, 7) is 1.20. The molecule has 0 unspecified atom stereocenters. The Morgan fingerprint density at radius 3 is 2.18 bits per heavy atom. The lowest BCUT2D eigenvalue weighted by molar-refractivity contribution is -0.231. The Morgan fingerprint density at radius 2 is 1.82 bits per heavy atom. The van der Waals surface area contributed by atoms with E-state index in [4.69, 9.17) is 10.5 Å². The van der Waals surface area contributed by atoms with Crippen LogP contribution in [0.3, 0.4) is 0 Å². The van der Waals surface area contributed by atoms with Gasteiger partial charge in [-0.2, -0.15) is 10.5 Å². The molecule has 0 radical (unpaired) electrons. The lowest BCUT2D eigenvalue weighted by Gasteiger charge is -1.93. The summed E-state index contributed by atoms with van der Waals surface area (Å²) in [6.07, 6.45) is 0.665. The second kappa shape index (κ2) is 4.42. The predicted molar refractivity (Wildman–Crippen MR) is 31.2 cm³/mol. The largest absolute Gasteiger partial charge is 0.368 e. The van der Waals surface area contributed by atoms with E-state index in [2.05, 4.69) is 9.78 Å². The van der Waals surface area contributed by atoms with E-state index < -0.39 is 11.9 Å². The van der Waals surface area contributed by atoms with Gasteiger partial charge in [0.15, 0.2) is 0 Å². The Kier molecular flexibility index (Phi) is 3.86. The van der Waals surface area contributed by atoms with E-state index in [1.807, 2.05) is 0 Å². The van der Waals surface area contributed by atoms with E-state index in [-0.39, 0.29) is 5.57 Å². The van der Waals surface area contributed by atoms with Gasteiger partial charge in [-0.25, -0.2) is 9.59 Å². The summed E-state index contributed by atoms with van der Waals surface area (Å²) >= 11 is 0. The van der Waals surface area contributed by atoms with E-state index in [1.165, 1.54) is 6.92 Å². The minimum absolute atomic E-state index is 0.188. The molecule has 0 saturated heterocycles. The van der Waals surface area contributed by atoms with Crippen LogP contribution in [0.1, 0.15) is 6.92 Å². The van der Waals surface area contributed by atoms with E-state index in [9.17, 15) is 9.59 Å². The molecule has 0 aromatic carbocycles. The van der Waals surface area contributed by atoms with Gasteiger partial charge in [-0.3, -0.25) is 9.78 Å². The first-order valence-corrected chi connectivity index (χ1v) is 2.51. The van der Waals surface area contributed by atoms with Crippen molar-refractivity contribution >= 4 is 11.9 Å². The second-order valence-electron chi connectivity index (χ2n) is 1.62. The number of carbonyl (C=O) groups is 2. The van der Waals surface area contributed by atoms with Gasteiger partial charge in [-0.1, -0.05) is 0 Å². The van der Waals surface area contributed by atoms with Crippen molar-refractivity contribution in [3.63, 3.8) is 0 Å². The molecule has 11 heavy (non-hydrogen) atoms. The summed E-state index contributed by atoms with van der Waals surface area (Å²) in [6, 6.07) is 0. The predicted octanol–water partition coefficient (Wildman–Crippen LogP) is -0.0349. The zero-order valence-corrected chi connectivity index (χ0v) is 5.60. The monoisotopic (exact) mass is 162 g/mol. The minimum Gasteiger partial charge on any atom is -0.296 e. The van der Waals surface area contributed by atoms with Crippen molar-refractivity contribution in [3.8, 4) is 0 Å². The Labute approximate surface area is 61.5 Å². The summed E-state index contributed by atoms with van der Waals surface area (Å²) in [7, 11) is 0. The van der Waals surface area contributed by atoms with Crippen LogP contribution < -0.4 is 0 Å². The summed E-state index contributed by atoms with van der Waals surface area (Å²) in [4.78, 5) is 27.0. The topological polar surface area (TPSA) is 93.1 Å². The molecule has 6 heteroatoms. The fourth-order valence-electron chi connectivity index (χ4n) is 0.334. The van der Waals surface area contributed by atoms with Gasteiger partial charge in [0.2, 0.25) is 0 Å². The van der Waals surface area contributed by atoms with Crippen molar-refractivity contribution in [1.82, 2.24) is 0 Å². The molecule has 0 saturated carbocycles. The van der Waals surface area contributed by atoms with Gasteiger partial charge in [0, 0.05) is 11.6 Å². The maximum Gasteiger partial charge on any atom is 0.368 e. The molecule has 0 amide bonds. The summed E-state index contributed by atoms with van der Waals surface area (Å²) in [5, 5.41) is 15.5. The number of rotatable bonds is 2. The van der Waals surface area contributed by atoms with Gasteiger partial charge in [0.25, 0.3) is 0 Å². The number of hydrogen-bond acceptors (Lipinski definition) is 6. The van der Waals surface area contributed by atoms with Crippen molar-refractivity contribution in [1.29, 1.82) is 0 Å². The van der Waals surface area contributed by atoms with Crippen LogP contribution in [-0.2, 0) is 19.4 Å². The molecule has 0 aromatic rings. The third-order valence-electron chi connectivity index (χ3n) is 0.829. The van der Waals surface area contributed by atoms with Gasteiger partial charge in [0.05, 0.1) is 0 Å². The fraction of sp³-hybridized carbons (Fsp3) is 0.200. The first kappa shape index (κ1) is 9.60. The zero-order chi connectivity index (χ0) is 8.85. The minimum atomic E-state index is -1.12. The molecule has 0 aromatic heterocycles. The molecule has 2 N–H and O–H groups in total. The molecule has 0 bridgehead atoms. The lowest BCUT2D eigenvalue weighted by atomic mass is 10.3. The molecular formula is C5H6O6. The van der Waals surface area contributed by atoms with Crippen LogP contribution in [0.5, 0.6) is 0 Å². The molecule has 6 nitrogen and oxygen atoms in total. The van der Waals surface area contributed by atoms with Crippen LogP contribution in [0.2, 0.25) is 0 Å². The second-order valence-corrected chi connectivity index (χ2v) is 1.62. The van der Waals surface area contributed by atoms with E-state index in [0.717, 1.165) is 0 Å². The average Bonchev–Trinajstić information content (AvgIpc) is 2.02. The van der Waals surface area contributed by atoms with Crippen LogP contribution >= 0.6 is 0 Å². The quantitative estimate of drug-likeness (QED) is 0.336. The van der Waals surface area contributed by atoms with Crippen molar-refractivity contribution in [2.24, 2.45) is 0 Å². The lowest BCUT2D eigenvalue weighted by Crippen LogP contribution is -2.05. The Hall–Kier alpha value is -1.40. The van der Waals surface area contributed by atoms with Crippen molar-refractivity contribution in [2.75, 3.05) is 0 Å². The Bertz CT molecular complexity index is 193. The molecule has 0 rings (SSSR count). The van der Waals surface area contributed by atoms with Gasteiger partial charge in [0.1, 0.15) is 0 Å². The maximum absolute atomic E-state index is 10.3. The first-order valence-electron chi connectivity index (χ1n) is 2.51. The van der Waals surface area contributed by atoms with Crippen LogP contribution in [0.25, 0.3) is 0 Å². The third kappa shape index (κ3) is 3.33. The van der Waals surface area contributed by atoms with Gasteiger partial charge in [-0.15, -0.1) is 0 Å². The van der Waals surface area contributed by atoms with Crippen LogP contribution in [0, 0.1) is 0 Å². The molecule has 62 valence electrons. The molecule has 0 heterocycles.